The molecule has 18 heavy (non-hydrogen) atoms. The van der Waals surface area contributed by atoms with Crippen LogP contribution in [0, 0.1) is 18.3 Å². The molecule has 2 rings (SSSR count). The Hall–Kier alpha value is -2.18. The molecule has 0 spiro atoms. The lowest BCUT2D eigenvalue weighted by Crippen LogP contribution is -2.13. The van der Waals surface area contributed by atoms with Gasteiger partial charge in [-0.15, -0.1) is 0 Å². The SMILES string of the molecule is Cc1ccc(CNCc2cccc(C#N)c2)nc1. The Morgan fingerprint density at radius 3 is 2.83 bits per heavy atom. The summed E-state index contributed by atoms with van der Waals surface area (Å²) in [4.78, 5) is 4.33. The van der Waals surface area contributed by atoms with Crippen molar-refractivity contribution < 1.29 is 0 Å². The van der Waals surface area contributed by atoms with Gasteiger partial charge in [-0.2, -0.15) is 5.26 Å². The highest BCUT2D eigenvalue weighted by Gasteiger charge is 1.97. The molecule has 0 radical (unpaired) electrons. The molecule has 0 fully saturated rings. The Morgan fingerprint density at radius 2 is 2.11 bits per heavy atom. The minimum Gasteiger partial charge on any atom is -0.307 e. The van der Waals surface area contributed by atoms with Crippen LogP contribution in [-0.4, -0.2) is 4.98 Å². The summed E-state index contributed by atoms with van der Waals surface area (Å²) in [6.07, 6.45) is 1.87. The van der Waals surface area contributed by atoms with E-state index in [4.69, 9.17) is 5.26 Å². The summed E-state index contributed by atoms with van der Waals surface area (Å²) >= 11 is 0. The molecular weight excluding hydrogens is 222 g/mol. The van der Waals surface area contributed by atoms with Gasteiger partial charge in [0.15, 0.2) is 0 Å². The summed E-state index contributed by atoms with van der Waals surface area (Å²) in [5.41, 5.74) is 4.00. The van der Waals surface area contributed by atoms with Crippen molar-refractivity contribution in [2.24, 2.45) is 0 Å². The van der Waals surface area contributed by atoms with E-state index in [0.29, 0.717) is 5.56 Å². The number of hydrogen-bond donors (Lipinski definition) is 1. The number of aromatic nitrogens is 1. The van der Waals surface area contributed by atoms with Crippen LogP contribution < -0.4 is 5.32 Å². The van der Waals surface area contributed by atoms with Crippen LogP contribution >= 0.6 is 0 Å². The Kier molecular flexibility index (Phi) is 4.06. The molecule has 1 aromatic heterocycles. The van der Waals surface area contributed by atoms with E-state index in [9.17, 15) is 0 Å². The number of nitrogens with zero attached hydrogens (tertiary/aromatic N) is 2. The van der Waals surface area contributed by atoms with Crippen LogP contribution in [0.1, 0.15) is 22.4 Å². The van der Waals surface area contributed by atoms with Crippen LogP contribution in [0.5, 0.6) is 0 Å². The van der Waals surface area contributed by atoms with Crippen LogP contribution in [0.25, 0.3) is 0 Å². The van der Waals surface area contributed by atoms with Gasteiger partial charge in [-0.05, 0) is 36.2 Å². The van der Waals surface area contributed by atoms with E-state index in [1.54, 1.807) is 0 Å². The first kappa shape index (κ1) is 12.3. The fourth-order valence-corrected chi connectivity index (χ4v) is 1.69. The van der Waals surface area contributed by atoms with E-state index in [-0.39, 0.29) is 0 Å². The Morgan fingerprint density at radius 1 is 1.22 bits per heavy atom. The van der Waals surface area contributed by atoms with Gasteiger partial charge in [0.2, 0.25) is 0 Å². The van der Waals surface area contributed by atoms with Crippen LogP contribution in [0.15, 0.2) is 42.6 Å². The number of nitrogens with one attached hydrogen (secondary N) is 1. The minimum absolute atomic E-state index is 0.697. The first-order valence-corrected chi connectivity index (χ1v) is 5.89. The molecule has 90 valence electrons. The number of nitriles is 1. The third-order valence-corrected chi connectivity index (χ3v) is 2.66. The standard InChI is InChI=1S/C15H15N3/c1-12-5-6-15(18-9-12)11-17-10-14-4-2-3-13(7-14)8-16/h2-7,9,17H,10-11H2,1H3. The molecule has 0 saturated carbocycles. The number of pyridine rings is 1. The molecule has 0 bridgehead atoms. The first-order chi connectivity index (χ1) is 8.78. The number of hydrogen-bond acceptors (Lipinski definition) is 3. The fourth-order valence-electron chi connectivity index (χ4n) is 1.69. The second-order valence-corrected chi connectivity index (χ2v) is 4.24. The molecule has 1 N–H and O–H groups in total. The molecule has 0 aliphatic heterocycles. The maximum Gasteiger partial charge on any atom is 0.0991 e. The lowest BCUT2D eigenvalue weighted by atomic mass is 10.1. The normalized spacial score (nSPS) is 10.0. The quantitative estimate of drug-likeness (QED) is 0.889. The van der Waals surface area contributed by atoms with Crippen molar-refractivity contribution in [3.8, 4) is 6.07 Å². The number of aryl methyl sites for hydroxylation is 1. The van der Waals surface area contributed by atoms with Crippen molar-refractivity contribution in [3.05, 3.63) is 65.0 Å². The minimum atomic E-state index is 0.697. The lowest BCUT2D eigenvalue weighted by molar-refractivity contribution is 0.679. The second-order valence-electron chi connectivity index (χ2n) is 4.24. The maximum atomic E-state index is 8.81. The Balaban J connectivity index is 1.88. The Labute approximate surface area is 107 Å². The average Bonchev–Trinajstić information content (AvgIpc) is 2.41. The zero-order chi connectivity index (χ0) is 12.8. The van der Waals surface area contributed by atoms with Gasteiger partial charge >= 0.3 is 0 Å². The van der Waals surface area contributed by atoms with Crippen LogP contribution in [0.4, 0.5) is 0 Å². The predicted molar refractivity (Wildman–Crippen MR) is 70.7 cm³/mol. The van der Waals surface area contributed by atoms with Gasteiger partial charge in [-0.25, -0.2) is 0 Å². The van der Waals surface area contributed by atoms with Crippen LogP contribution in [0.3, 0.4) is 0 Å². The van der Waals surface area contributed by atoms with E-state index < -0.39 is 0 Å². The van der Waals surface area contributed by atoms with Crippen molar-refractivity contribution >= 4 is 0 Å². The highest BCUT2D eigenvalue weighted by atomic mass is 14.9. The van der Waals surface area contributed by atoms with E-state index in [2.05, 4.69) is 22.4 Å². The molecule has 0 aliphatic carbocycles. The number of rotatable bonds is 4. The summed E-state index contributed by atoms with van der Waals surface area (Å²) < 4.78 is 0. The van der Waals surface area contributed by atoms with Gasteiger partial charge in [0.05, 0.1) is 17.3 Å². The molecule has 3 nitrogen and oxygen atoms in total. The lowest BCUT2D eigenvalue weighted by Gasteiger charge is -2.05. The van der Waals surface area contributed by atoms with Crippen LogP contribution in [-0.2, 0) is 13.1 Å². The van der Waals surface area contributed by atoms with Gasteiger partial charge in [0.25, 0.3) is 0 Å². The maximum absolute atomic E-state index is 8.81. The summed E-state index contributed by atoms with van der Waals surface area (Å²) in [6, 6.07) is 13.8. The van der Waals surface area contributed by atoms with Crippen molar-refractivity contribution in [2.45, 2.75) is 20.0 Å². The van der Waals surface area contributed by atoms with Gasteiger partial charge in [0.1, 0.15) is 0 Å². The van der Waals surface area contributed by atoms with Crippen molar-refractivity contribution in [1.29, 1.82) is 5.26 Å². The van der Waals surface area contributed by atoms with E-state index in [1.807, 2.05) is 43.5 Å². The monoisotopic (exact) mass is 237 g/mol. The molecule has 1 aromatic carbocycles. The molecule has 0 atom stereocenters. The van der Waals surface area contributed by atoms with E-state index in [0.717, 1.165) is 24.3 Å². The zero-order valence-electron chi connectivity index (χ0n) is 10.4. The molecule has 1 heterocycles. The smallest absolute Gasteiger partial charge is 0.0991 e. The third kappa shape index (κ3) is 3.41. The van der Waals surface area contributed by atoms with Crippen LogP contribution in [0.2, 0.25) is 0 Å². The third-order valence-electron chi connectivity index (χ3n) is 2.66. The summed E-state index contributed by atoms with van der Waals surface area (Å²) in [6.45, 7) is 3.50. The number of benzene rings is 1. The largest absolute Gasteiger partial charge is 0.307 e. The van der Waals surface area contributed by atoms with E-state index in [1.165, 1.54) is 5.56 Å². The zero-order valence-corrected chi connectivity index (χ0v) is 10.4. The molecule has 0 amide bonds. The topological polar surface area (TPSA) is 48.7 Å². The first-order valence-electron chi connectivity index (χ1n) is 5.89. The summed E-state index contributed by atoms with van der Waals surface area (Å²) in [5, 5.41) is 12.1. The average molecular weight is 237 g/mol. The second kappa shape index (κ2) is 5.95. The molecular formula is C15H15N3. The fraction of sp³-hybridized carbons (Fsp3) is 0.200. The highest BCUT2D eigenvalue weighted by molar-refractivity contribution is 5.32. The van der Waals surface area contributed by atoms with Gasteiger partial charge < -0.3 is 5.32 Å². The summed E-state index contributed by atoms with van der Waals surface area (Å²) in [5.74, 6) is 0. The Bertz CT molecular complexity index is 553. The highest BCUT2D eigenvalue weighted by Crippen LogP contribution is 2.04. The summed E-state index contributed by atoms with van der Waals surface area (Å²) in [7, 11) is 0. The molecule has 3 heteroatoms. The van der Waals surface area contributed by atoms with Crippen molar-refractivity contribution in [3.63, 3.8) is 0 Å². The molecule has 0 saturated heterocycles. The molecule has 0 unspecified atom stereocenters. The van der Waals surface area contributed by atoms with Crippen molar-refractivity contribution in [2.75, 3.05) is 0 Å². The molecule has 0 aliphatic rings. The van der Waals surface area contributed by atoms with Crippen molar-refractivity contribution in [1.82, 2.24) is 10.3 Å². The van der Waals surface area contributed by atoms with Gasteiger partial charge in [-0.1, -0.05) is 18.2 Å². The van der Waals surface area contributed by atoms with Gasteiger partial charge in [-0.3, -0.25) is 4.98 Å². The van der Waals surface area contributed by atoms with E-state index >= 15 is 0 Å². The van der Waals surface area contributed by atoms with Gasteiger partial charge in [0, 0.05) is 19.3 Å². The predicted octanol–water partition coefficient (Wildman–Crippen LogP) is 2.55. The molecule has 2 aromatic rings.